The lowest BCUT2D eigenvalue weighted by atomic mass is 10.1. The highest BCUT2D eigenvalue weighted by molar-refractivity contribution is 9.10. The fraction of sp³-hybridized carbons (Fsp3) is 0.364. The second-order valence-corrected chi connectivity index (χ2v) is 4.59. The highest BCUT2D eigenvalue weighted by atomic mass is 79.9. The third-order valence-electron chi connectivity index (χ3n) is 2.94. The predicted molar refractivity (Wildman–Crippen MR) is 62.7 cm³/mol. The number of hydrogen-bond donors (Lipinski definition) is 1. The van der Waals surface area contributed by atoms with Crippen molar-refractivity contribution in [1.29, 1.82) is 0 Å². The molecule has 0 aliphatic carbocycles. The van der Waals surface area contributed by atoms with E-state index in [0.717, 1.165) is 23.4 Å². The fourth-order valence-electron chi connectivity index (χ4n) is 2.20. The van der Waals surface area contributed by atoms with E-state index in [1.54, 1.807) is 0 Å². The van der Waals surface area contributed by atoms with Gasteiger partial charge in [-0.15, -0.1) is 0 Å². The van der Waals surface area contributed by atoms with Crippen LogP contribution in [-0.2, 0) is 13.0 Å². The van der Waals surface area contributed by atoms with E-state index < -0.39 is 0 Å². The van der Waals surface area contributed by atoms with E-state index in [9.17, 15) is 0 Å². The van der Waals surface area contributed by atoms with Crippen molar-refractivity contribution in [2.24, 2.45) is 0 Å². The van der Waals surface area contributed by atoms with E-state index in [2.05, 4.69) is 36.5 Å². The molecule has 0 spiro atoms. The number of rotatable bonds is 1. The van der Waals surface area contributed by atoms with Crippen LogP contribution in [-0.4, -0.2) is 14.5 Å². The molecule has 0 radical (unpaired) electrons. The summed E-state index contributed by atoms with van der Waals surface area (Å²) in [5.74, 6) is 0. The number of H-pyrrole nitrogens is 1. The lowest BCUT2D eigenvalue weighted by molar-refractivity contribution is 0.525. The summed E-state index contributed by atoms with van der Waals surface area (Å²) in [7, 11) is 0. The molecule has 1 N–H and O–H groups in total. The van der Waals surface area contributed by atoms with Gasteiger partial charge in [0, 0.05) is 30.2 Å². The number of fused-ring (bicyclic) bond motifs is 1. The van der Waals surface area contributed by atoms with Gasteiger partial charge in [0.1, 0.15) is 0 Å². The zero-order valence-corrected chi connectivity index (χ0v) is 9.92. The molecule has 3 heterocycles. The van der Waals surface area contributed by atoms with Crippen LogP contribution in [0, 0.1) is 0 Å². The molecule has 4 heteroatoms. The van der Waals surface area contributed by atoms with Gasteiger partial charge in [-0.05, 0) is 41.3 Å². The molecule has 0 atom stereocenters. The molecule has 0 unspecified atom stereocenters. The first-order valence-corrected chi connectivity index (χ1v) is 6.03. The fourth-order valence-corrected chi connectivity index (χ4v) is 2.77. The number of hydrogen-bond acceptors (Lipinski definition) is 1. The van der Waals surface area contributed by atoms with Crippen LogP contribution in [0.5, 0.6) is 0 Å². The predicted octanol–water partition coefficient (Wildman–Crippen LogP) is 2.98. The second-order valence-electron chi connectivity index (χ2n) is 3.88. The number of imidazole rings is 1. The third-order valence-corrected chi connectivity index (χ3v) is 3.55. The highest BCUT2D eigenvalue weighted by Gasteiger charge is 2.19. The molecule has 15 heavy (non-hydrogen) atoms. The van der Waals surface area contributed by atoms with Crippen LogP contribution >= 0.6 is 15.9 Å². The Balaban J connectivity index is 2.16. The van der Waals surface area contributed by atoms with E-state index in [-0.39, 0.29) is 0 Å². The molecule has 1 aliphatic rings. The molecule has 0 fully saturated rings. The molecule has 78 valence electrons. The van der Waals surface area contributed by atoms with E-state index >= 15 is 0 Å². The van der Waals surface area contributed by atoms with Crippen molar-refractivity contribution in [2.45, 2.75) is 25.8 Å². The Morgan fingerprint density at radius 3 is 3.13 bits per heavy atom. The summed E-state index contributed by atoms with van der Waals surface area (Å²) in [4.78, 5) is 7.67. The topological polar surface area (TPSA) is 33.6 Å². The lowest BCUT2D eigenvalue weighted by Gasteiger charge is -2.15. The van der Waals surface area contributed by atoms with E-state index in [0.29, 0.717) is 0 Å². The van der Waals surface area contributed by atoms with Crippen molar-refractivity contribution in [3.05, 3.63) is 28.9 Å². The first-order chi connectivity index (χ1) is 7.36. The van der Waals surface area contributed by atoms with Gasteiger partial charge in [0.25, 0.3) is 0 Å². The zero-order valence-electron chi connectivity index (χ0n) is 8.33. The summed E-state index contributed by atoms with van der Waals surface area (Å²) in [5.41, 5.74) is 3.68. The van der Waals surface area contributed by atoms with Crippen LogP contribution in [0.2, 0.25) is 0 Å². The molecular weight excluding hydrogens is 254 g/mol. The van der Waals surface area contributed by atoms with Gasteiger partial charge in [0.2, 0.25) is 0 Å². The lowest BCUT2D eigenvalue weighted by Crippen LogP contribution is -2.10. The molecule has 3 nitrogen and oxygen atoms in total. The van der Waals surface area contributed by atoms with Gasteiger partial charge >= 0.3 is 0 Å². The molecule has 1 aliphatic heterocycles. The van der Waals surface area contributed by atoms with Crippen LogP contribution in [0.4, 0.5) is 0 Å². The Morgan fingerprint density at radius 2 is 2.33 bits per heavy atom. The van der Waals surface area contributed by atoms with Gasteiger partial charge in [-0.3, -0.25) is 0 Å². The van der Waals surface area contributed by atoms with Crippen LogP contribution in [0.15, 0.2) is 23.2 Å². The summed E-state index contributed by atoms with van der Waals surface area (Å²) in [6.45, 7) is 1.09. The summed E-state index contributed by atoms with van der Waals surface area (Å²) in [6, 6.07) is 2.07. The first-order valence-electron chi connectivity index (χ1n) is 5.24. The molecule has 2 aromatic heterocycles. The van der Waals surface area contributed by atoms with Crippen molar-refractivity contribution in [2.75, 3.05) is 0 Å². The summed E-state index contributed by atoms with van der Waals surface area (Å²) in [6.07, 6.45) is 7.62. The summed E-state index contributed by atoms with van der Waals surface area (Å²) < 4.78 is 3.25. The van der Waals surface area contributed by atoms with Gasteiger partial charge in [0.05, 0.1) is 5.69 Å². The number of halogens is 1. The molecule has 0 amide bonds. The molecule has 0 bridgehead atoms. The number of aromatic nitrogens is 3. The number of nitrogens with zero attached hydrogens (tertiary/aromatic N) is 2. The van der Waals surface area contributed by atoms with Gasteiger partial charge in [-0.1, -0.05) is 0 Å². The third kappa shape index (κ3) is 1.44. The Hall–Kier alpha value is -1.03. The smallest absolute Gasteiger partial charge is 0.177 e. The molecule has 0 saturated heterocycles. The zero-order chi connectivity index (χ0) is 10.3. The van der Waals surface area contributed by atoms with E-state index in [1.807, 2.05) is 12.4 Å². The summed E-state index contributed by atoms with van der Waals surface area (Å²) >= 11 is 3.53. The monoisotopic (exact) mass is 265 g/mol. The highest BCUT2D eigenvalue weighted by Crippen LogP contribution is 2.30. The minimum absolute atomic E-state index is 0.966. The Labute approximate surface area is 96.7 Å². The van der Waals surface area contributed by atoms with Gasteiger partial charge in [0.15, 0.2) is 4.73 Å². The first kappa shape index (κ1) is 9.21. The minimum Gasteiger partial charge on any atom is -0.367 e. The molecule has 2 aromatic rings. The normalized spacial score (nSPS) is 15.3. The molecule has 3 rings (SSSR count). The minimum atomic E-state index is 0.966. The van der Waals surface area contributed by atoms with Gasteiger partial charge < -0.3 is 9.55 Å². The van der Waals surface area contributed by atoms with Crippen molar-refractivity contribution < 1.29 is 0 Å². The summed E-state index contributed by atoms with van der Waals surface area (Å²) in [5, 5.41) is 0. The van der Waals surface area contributed by atoms with Gasteiger partial charge in [-0.2, -0.15) is 0 Å². The van der Waals surface area contributed by atoms with Crippen LogP contribution in [0.3, 0.4) is 0 Å². The van der Waals surface area contributed by atoms with Crippen molar-refractivity contribution in [3.8, 4) is 11.3 Å². The van der Waals surface area contributed by atoms with E-state index in [4.69, 9.17) is 0 Å². The molecule has 0 saturated carbocycles. The van der Waals surface area contributed by atoms with Crippen molar-refractivity contribution in [3.63, 3.8) is 0 Å². The average Bonchev–Trinajstić information content (AvgIpc) is 2.87. The number of aromatic amines is 1. The second kappa shape index (κ2) is 3.52. The average molecular weight is 266 g/mol. The largest absolute Gasteiger partial charge is 0.367 e. The quantitative estimate of drug-likeness (QED) is 0.845. The van der Waals surface area contributed by atoms with E-state index in [1.165, 1.54) is 24.1 Å². The number of nitrogens with one attached hydrogen (secondary N) is 1. The SMILES string of the molecule is Brc1nc(-c2cc[nH]c2)c2n1CCCC2. The maximum Gasteiger partial charge on any atom is 0.177 e. The Kier molecular flexibility index (Phi) is 2.16. The van der Waals surface area contributed by atoms with Crippen molar-refractivity contribution in [1.82, 2.24) is 14.5 Å². The molecular formula is C11H12BrN3. The Morgan fingerprint density at radius 1 is 1.40 bits per heavy atom. The van der Waals surface area contributed by atoms with Crippen LogP contribution < -0.4 is 0 Å². The standard InChI is InChI=1S/C11H12BrN3/c12-11-14-10(8-4-5-13-7-8)9-3-1-2-6-15(9)11/h4-5,7,13H,1-3,6H2. The van der Waals surface area contributed by atoms with Crippen molar-refractivity contribution >= 4 is 15.9 Å². The Bertz CT molecular complexity index is 470. The maximum absolute atomic E-state index is 4.59. The molecule has 0 aromatic carbocycles. The maximum atomic E-state index is 4.59. The van der Waals surface area contributed by atoms with Gasteiger partial charge in [-0.25, -0.2) is 4.98 Å². The van der Waals surface area contributed by atoms with Crippen LogP contribution in [0.25, 0.3) is 11.3 Å². The van der Waals surface area contributed by atoms with Crippen LogP contribution in [0.1, 0.15) is 18.5 Å².